The van der Waals surface area contributed by atoms with Crippen LogP contribution in [0, 0.1) is 13.8 Å². The molecule has 0 aliphatic carbocycles. The Kier molecular flexibility index (Phi) is 5.69. The van der Waals surface area contributed by atoms with Crippen LogP contribution in [0.3, 0.4) is 0 Å². The maximum atomic E-state index is 12.2. The molecule has 0 aliphatic heterocycles. The molecule has 0 aliphatic rings. The number of carboxylic acid groups (broad SMARTS) is 1. The summed E-state index contributed by atoms with van der Waals surface area (Å²) in [5.41, 5.74) is 1.91. The summed E-state index contributed by atoms with van der Waals surface area (Å²) in [5, 5.41) is 11.6. The molecule has 0 aromatic carbocycles. The van der Waals surface area contributed by atoms with Crippen molar-refractivity contribution in [2.75, 3.05) is 0 Å². The number of nitrogens with one attached hydrogen (secondary N) is 2. The van der Waals surface area contributed by atoms with Crippen LogP contribution in [0.15, 0.2) is 0 Å². The predicted octanol–water partition coefficient (Wildman–Crippen LogP) is 2.21. The van der Waals surface area contributed by atoms with Crippen LogP contribution in [-0.2, 0) is 4.79 Å². The van der Waals surface area contributed by atoms with E-state index >= 15 is 0 Å². The molecule has 116 valence electrons. The Morgan fingerprint density at radius 1 is 1.29 bits per heavy atom. The summed E-state index contributed by atoms with van der Waals surface area (Å²) in [5.74, 6) is -1.67. The van der Waals surface area contributed by atoms with Crippen molar-refractivity contribution in [3.05, 3.63) is 22.5 Å². The summed E-state index contributed by atoms with van der Waals surface area (Å²) in [6.07, 6.45) is 1.96. The molecule has 1 heterocycles. The van der Waals surface area contributed by atoms with Gasteiger partial charge in [-0.1, -0.05) is 19.8 Å². The van der Waals surface area contributed by atoms with E-state index in [0.29, 0.717) is 23.2 Å². The van der Waals surface area contributed by atoms with Crippen LogP contribution >= 0.6 is 0 Å². The average molecular weight is 294 g/mol. The lowest BCUT2D eigenvalue weighted by molar-refractivity contribution is -0.139. The Balaban J connectivity index is 2.96. The molecule has 21 heavy (non-hydrogen) atoms. The maximum absolute atomic E-state index is 12.2. The van der Waals surface area contributed by atoms with Crippen LogP contribution in [0.25, 0.3) is 0 Å². The molecule has 3 N–H and O–H groups in total. The van der Waals surface area contributed by atoms with Crippen molar-refractivity contribution in [3.63, 3.8) is 0 Å². The Hall–Kier alpha value is -2.11. The van der Waals surface area contributed by atoms with Gasteiger partial charge in [0.05, 0.1) is 0 Å². The van der Waals surface area contributed by atoms with Gasteiger partial charge in [-0.05, 0) is 32.8 Å². The number of carbonyl (C=O) groups is 3. The molecular formula is C15H22N2O4. The Morgan fingerprint density at radius 3 is 2.33 bits per heavy atom. The lowest BCUT2D eigenvalue weighted by atomic mass is 10.1. The van der Waals surface area contributed by atoms with Crippen molar-refractivity contribution in [3.8, 4) is 0 Å². The van der Waals surface area contributed by atoms with E-state index in [2.05, 4.69) is 10.3 Å². The second-order valence-corrected chi connectivity index (χ2v) is 5.19. The Bertz CT molecular complexity index is 560. The van der Waals surface area contributed by atoms with Gasteiger partial charge >= 0.3 is 5.97 Å². The number of unbranched alkanes of at least 4 members (excludes halogenated alkanes) is 1. The Morgan fingerprint density at radius 2 is 1.90 bits per heavy atom. The number of amides is 1. The van der Waals surface area contributed by atoms with Gasteiger partial charge in [-0.25, -0.2) is 4.79 Å². The zero-order valence-electron chi connectivity index (χ0n) is 12.9. The number of aryl methyl sites for hydroxylation is 1. The highest BCUT2D eigenvalue weighted by Gasteiger charge is 2.24. The van der Waals surface area contributed by atoms with Gasteiger partial charge in [0, 0.05) is 11.3 Å². The zero-order valence-corrected chi connectivity index (χ0v) is 12.9. The molecule has 6 nitrogen and oxygen atoms in total. The van der Waals surface area contributed by atoms with E-state index in [1.165, 1.54) is 6.92 Å². The molecule has 0 saturated heterocycles. The van der Waals surface area contributed by atoms with Gasteiger partial charge in [0.15, 0.2) is 5.78 Å². The molecule has 0 spiro atoms. The third-order valence-electron chi connectivity index (χ3n) is 3.47. The number of Topliss-reactive ketones (excluding diaryl/α,β-unsaturated/α-hetero) is 1. The van der Waals surface area contributed by atoms with Crippen molar-refractivity contribution in [2.24, 2.45) is 0 Å². The van der Waals surface area contributed by atoms with Crippen LogP contribution < -0.4 is 5.32 Å². The third-order valence-corrected chi connectivity index (χ3v) is 3.47. The van der Waals surface area contributed by atoms with E-state index in [-0.39, 0.29) is 11.5 Å². The second kappa shape index (κ2) is 7.06. The number of carboxylic acids is 1. The van der Waals surface area contributed by atoms with E-state index in [1.807, 2.05) is 6.92 Å². The van der Waals surface area contributed by atoms with Gasteiger partial charge in [0.25, 0.3) is 5.91 Å². The number of aromatic amines is 1. The minimum Gasteiger partial charge on any atom is -0.480 e. The summed E-state index contributed by atoms with van der Waals surface area (Å²) in [6, 6.07) is -0.916. The number of ketones is 1. The summed E-state index contributed by atoms with van der Waals surface area (Å²) in [7, 11) is 0. The molecule has 1 aromatic rings. The molecule has 0 radical (unpaired) electrons. The second-order valence-electron chi connectivity index (χ2n) is 5.19. The van der Waals surface area contributed by atoms with Gasteiger partial charge in [-0.3, -0.25) is 9.59 Å². The van der Waals surface area contributed by atoms with Crippen molar-refractivity contribution in [1.82, 2.24) is 10.3 Å². The van der Waals surface area contributed by atoms with Gasteiger partial charge in [0.1, 0.15) is 11.7 Å². The standard InChI is InChI=1S/C15H22N2O4/c1-5-6-7-11(15(20)21)17-14(19)13-8(2)12(10(4)18)9(3)16-13/h11,16H,5-7H2,1-4H3,(H,17,19)(H,20,21). The van der Waals surface area contributed by atoms with Crippen molar-refractivity contribution in [2.45, 2.75) is 53.0 Å². The topological polar surface area (TPSA) is 99.3 Å². The maximum Gasteiger partial charge on any atom is 0.326 e. The fraction of sp³-hybridized carbons (Fsp3) is 0.533. The van der Waals surface area contributed by atoms with Crippen LogP contribution in [0.2, 0.25) is 0 Å². The van der Waals surface area contributed by atoms with Crippen molar-refractivity contribution < 1.29 is 19.5 Å². The number of rotatable bonds is 7. The van der Waals surface area contributed by atoms with E-state index in [9.17, 15) is 14.4 Å². The molecule has 0 bridgehead atoms. The highest BCUT2D eigenvalue weighted by molar-refractivity contribution is 6.03. The van der Waals surface area contributed by atoms with Crippen LogP contribution in [0.1, 0.15) is 65.2 Å². The fourth-order valence-electron chi connectivity index (χ4n) is 2.40. The number of H-pyrrole nitrogens is 1. The largest absolute Gasteiger partial charge is 0.480 e. The molecule has 6 heteroatoms. The SMILES string of the molecule is CCCCC(NC(=O)c1[nH]c(C)c(C(C)=O)c1C)C(=O)O. The number of hydrogen-bond donors (Lipinski definition) is 3. The highest BCUT2D eigenvalue weighted by atomic mass is 16.4. The molecular weight excluding hydrogens is 272 g/mol. The summed E-state index contributed by atoms with van der Waals surface area (Å²) in [4.78, 5) is 37.8. The minimum absolute atomic E-state index is 0.124. The van der Waals surface area contributed by atoms with E-state index in [0.717, 1.165) is 12.8 Å². The third kappa shape index (κ3) is 3.93. The average Bonchev–Trinajstić information content (AvgIpc) is 2.69. The highest BCUT2D eigenvalue weighted by Crippen LogP contribution is 2.18. The normalized spacial score (nSPS) is 12.0. The Labute approximate surface area is 123 Å². The first-order valence-corrected chi connectivity index (χ1v) is 7.03. The van der Waals surface area contributed by atoms with Crippen molar-refractivity contribution >= 4 is 17.7 Å². The van der Waals surface area contributed by atoms with Crippen LogP contribution in [-0.4, -0.2) is 33.8 Å². The van der Waals surface area contributed by atoms with E-state index < -0.39 is 17.9 Å². The number of carbonyl (C=O) groups excluding carboxylic acids is 2. The van der Waals surface area contributed by atoms with Crippen molar-refractivity contribution in [1.29, 1.82) is 0 Å². The molecule has 1 rings (SSSR count). The van der Waals surface area contributed by atoms with Crippen LogP contribution in [0.4, 0.5) is 0 Å². The summed E-state index contributed by atoms with van der Waals surface area (Å²) < 4.78 is 0. The quantitative estimate of drug-likeness (QED) is 0.671. The van der Waals surface area contributed by atoms with Gasteiger partial charge in [-0.15, -0.1) is 0 Å². The smallest absolute Gasteiger partial charge is 0.326 e. The van der Waals surface area contributed by atoms with Gasteiger partial charge < -0.3 is 15.4 Å². The van der Waals surface area contributed by atoms with E-state index in [4.69, 9.17) is 5.11 Å². The number of aromatic nitrogens is 1. The molecule has 0 fully saturated rings. The van der Waals surface area contributed by atoms with E-state index in [1.54, 1.807) is 13.8 Å². The number of hydrogen-bond acceptors (Lipinski definition) is 3. The molecule has 1 unspecified atom stereocenters. The summed E-state index contributed by atoms with van der Waals surface area (Å²) >= 11 is 0. The lowest BCUT2D eigenvalue weighted by Gasteiger charge is -2.13. The van der Waals surface area contributed by atoms with Gasteiger partial charge in [-0.2, -0.15) is 0 Å². The molecule has 1 amide bonds. The first kappa shape index (κ1) is 16.9. The molecule has 1 aromatic heterocycles. The first-order chi connectivity index (χ1) is 9.79. The zero-order chi connectivity index (χ0) is 16.2. The lowest BCUT2D eigenvalue weighted by Crippen LogP contribution is -2.41. The molecule has 1 atom stereocenters. The summed E-state index contributed by atoms with van der Waals surface area (Å²) in [6.45, 7) is 6.79. The number of aliphatic carboxylic acids is 1. The predicted molar refractivity (Wildman–Crippen MR) is 78.7 cm³/mol. The van der Waals surface area contributed by atoms with Gasteiger partial charge in [0.2, 0.25) is 0 Å². The van der Waals surface area contributed by atoms with Crippen LogP contribution in [0.5, 0.6) is 0 Å². The monoisotopic (exact) mass is 294 g/mol. The minimum atomic E-state index is -1.05. The molecule has 0 saturated carbocycles. The fourth-order valence-corrected chi connectivity index (χ4v) is 2.40. The first-order valence-electron chi connectivity index (χ1n) is 7.03.